The molecule has 0 amide bonds. The van der Waals surface area contributed by atoms with Gasteiger partial charge in [-0.1, -0.05) is 34.6 Å². The first-order chi connectivity index (χ1) is 7.28. The van der Waals surface area contributed by atoms with Gasteiger partial charge in [0.15, 0.2) is 0 Å². The van der Waals surface area contributed by atoms with Crippen molar-refractivity contribution < 1.29 is 4.79 Å². The molecule has 3 atom stereocenters. The van der Waals surface area contributed by atoms with Gasteiger partial charge < -0.3 is 0 Å². The first-order valence-electron chi connectivity index (χ1n) is 6.83. The van der Waals surface area contributed by atoms with Crippen molar-refractivity contribution >= 4 is 5.78 Å². The predicted octanol–water partition coefficient (Wildman–Crippen LogP) is 4.06. The highest BCUT2D eigenvalue weighted by Crippen LogP contribution is 2.59. The highest BCUT2D eigenvalue weighted by molar-refractivity contribution is 5.91. The van der Waals surface area contributed by atoms with E-state index < -0.39 is 0 Å². The second-order valence-corrected chi connectivity index (χ2v) is 7.27. The lowest BCUT2D eigenvalue weighted by Gasteiger charge is -2.57. The van der Waals surface area contributed by atoms with Crippen LogP contribution in [0.25, 0.3) is 0 Å². The summed E-state index contributed by atoms with van der Waals surface area (Å²) in [6, 6.07) is 0. The Kier molecular flexibility index (Phi) is 2.72. The van der Waals surface area contributed by atoms with E-state index in [1.807, 2.05) is 0 Å². The summed E-state index contributed by atoms with van der Waals surface area (Å²) in [5.74, 6) is 2.56. The quantitative estimate of drug-likeness (QED) is 0.688. The topological polar surface area (TPSA) is 17.1 Å². The Bertz CT molecular complexity index is 303. The Morgan fingerprint density at radius 2 is 1.94 bits per heavy atom. The van der Waals surface area contributed by atoms with E-state index in [4.69, 9.17) is 0 Å². The van der Waals surface area contributed by atoms with Crippen LogP contribution in [0.3, 0.4) is 0 Å². The minimum atomic E-state index is -0.0551. The molecule has 3 aliphatic rings. The molecule has 92 valence electrons. The summed E-state index contributed by atoms with van der Waals surface area (Å²) in [4.78, 5) is 12.6. The normalized spacial score (nSPS) is 41.8. The number of hydrogen-bond donors (Lipinski definition) is 0. The molecule has 3 unspecified atom stereocenters. The van der Waals surface area contributed by atoms with Gasteiger partial charge >= 0.3 is 0 Å². The Morgan fingerprint density at radius 1 is 1.31 bits per heavy atom. The molecule has 1 heteroatoms. The first-order valence-corrected chi connectivity index (χ1v) is 6.83. The second kappa shape index (κ2) is 3.58. The molecule has 0 saturated heterocycles. The number of hydrogen-bond acceptors (Lipinski definition) is 1. The molecule has 1 nitrogen and oxygen atoms in total. The zero-order chi connectivity index (χ0) is 12.1. The molecule has 3 aliphatic carbocycles. The molecule has 0 spiro atoms. The van der Waals surface area contributed by atoms with Crippen molar-refractivity contribution in [3.8, 4) is 0 Å². The summed E-state index contributed by atoms with van der Waals surface area (Å²) in [7, 11) is 0. The van der Waals surface area contributed by atoms with E-state index in [0.717, 1.165) is 12.3 Å². The van der Waals surface area contributed by atoms with Crippen LogP contribution in [-0.4, -0.2) is 5.78 Å². The number of carbonyl (C=O) groups is 1. The molecule has 16 heavy (non-hydrogen) atoms. The zero-order valence-corrected chi connectivity index (χ0v) is 11.5. The standard InChI is InChI=1S/C15H26O/c1-10(2)8-12-9-11-6-7-15(12,5)13(16)14(11,3)4/h10-12H,6-9H2,1-5H3. The van der Waals surface area contributed by atoms with Gasteiger partial charge in [-0.15, -0.1) is 0 Å². The smallest absolute Gasteiger partial charge is 0.144 e. The van der Waals surface area contributed by atoms with E-state index in [-0.39, 0.29) is 10.8 Å². The van der Waals surface area contributed by atoms with Crippen LogP contribution in [0, 0.1) is 28.6 Å². The molecule has 0 aliphatic heterocycles. The molecule has 3 fully saturated rings. The van der Waals surface area contributed by atoms with Gasteiger partial charge in [0.1, 0.15) is 5.78 Å². The van der Waals surface area contributed by atoms with Gasteiger partial charge in [0.05, 0.1) is 0 Å². The summed E-state index contributed by atoms with van der Waals surface area (Å²) < 4.78 is 0. The van der Waals surface area contributed by atoms with Crippen LogP contribution in [0.4, 0.5) is 0 Å². The lowest BCUT2D eigenvalue weighted by atomic mass is 9.46. The Labute approximate surface area is 100.0 Å². The van der Waals surface area contributed by atoms with Gasteiger partial charge in [-0.2, -0.15) is 0 Å². The van der Waals surface area contributed by atoms with Crippen LogP contribution in [0.15, 0.2) is 0 Å². The van der Waals surface area contributed by atoms with E-state index in [1.54, 1.807) is 0 Å². The monoisotopic (exact) mass is 222 g/mol. The number of carbonyl (C=O) groups excluding carboxylic acids is 1. The van der Waals surface area contributed by atoms with Crippen molar-refractivity contribution in [2.75, 3.05) is 0 Å². The summed E-state index contributed by atoms with van der Waals surface area (Å²) in [6.45, 7) is 11.1. The largest absolute Gasteiger partial charge is 0.298 e. The maximum atomic E-state index is 12.6. The molecule has 3 rings (SSSR count). The summed E-state index contributed by atoms with van der Waals surface area (Å²) in [5, 5.41) is 0. The summed E-state index contributed by atoms with van der Waals surface area (Å²) in [5.41, 5.74) is -0.0665. The lowest BCUT2D eigenvalue weighted by Crippen LogP contribution is -2.57. The van der Waals surface area contributed by atoms with E-state index in [9.17, 15) is 4.79 Å². The average molecular weight is 222 g/mol. The summed E-state index contributed by atoms with van der Waals surface area (Å²) >= 11 is 0. The Morgan fingerprint density at radius 3 is 2.50 bits per heavy atom. The van der Waals surface area contributed by atoms with E-state index in [1.165, 1.54) is 19.3 Å². The van der Waals surface area contributed by atoms with E-state index in [0.29, 0.717) is 17.6 Å². The third-order valence-electron chi connectivity index (χ3n) is 5.36. The molecule has 0 aromatic carbocycles. The number of fused-ring (bicyclic) bond motifs is 3. The molecule has 0 heterocycles. The van der Waals surface area contributed by atoms with E-state index >= 15 is 0 Å². The number of ketones is 1. The maximum Gasteiger partial charge on any atom is 0.144 e. The molecule has 0 radical (unpaired) electrons. The third kappa shape index (κ3) is 1.55. The van der Waals surface area contributed by atoms with Crippen LogP contribution in [0.2, 0.25) is 0 Å². The van der Waals surface area contributed by atoms with Gasteiger partial charge in [0, 0.05) is 10.8 Å². The van der Waals surface area contributed by atoms with Crippen molar-refractivity contribution in [2.24, 2.45) is 28.6 Å². The van der Waals surface area contributed by atoms with Gasteiger partial charge in [-0.25, -0.2) is 0 Å². The van der Waals surface area contributed by atoms with Crippen molar-refractivity contribution in [3.63, 3.8) is 0 Å². The second-order valence-electron chi connectivity index (χ2n) is 7.27. The molecule has 0 aromatic rings. The minimum Gasteiger partial charge on any atom is -0.298 e. The van der Waals surface area contributed by atoms with Crippen LogP contribution < -0.4 is 0 Å². The molecule has 2 bridgehead atoms. The third-order valence-corrected chi connectivity index (χ3v) is 5.36. The van der Waals surface area contributed by atoms with Gasteiger partial charge in [0.2, 0.25) is 0 Å². The van der Waals surface area contributed by atoms with Crippen LogP contribution >= 0.6 is 0 Å². The predicted molar refractivity (Wildman–Crippen MR) is 67.2 cm³/mol. The number of rotatable bonds is 2. The molecule has 3 saturated carbocycles. The van der Waals surface area contributed by atoms with Crippen molar-refractivity contribution in [3.05, 3.63) is 0 Å². The fourth-order valence-electron chi connectivity index (χ4n) is 4.20. The SMILES string of the molecule is CC(C)CC1CC2CCC1(C)C(=O)C2(C)C. The van der Waals surface area contributed by atoms with Gasteiger partial charge in [-0.3, -0.25) is 4.79 Å². The molecule has 0 aromatic heterocycles. The Hall–Kier alpha value is -0.330. The van der Waals surface area contributed by atoms with Crippen LogP contribution in [0.5, 0.6) is 0 Å². The average Bonchev–Trinajstić information content (AvgIpc) is 2.17. The van der Waals surface area contributed by atoms with Crippen molar-refractivity contribution in [1.82, 2.24) is 0 Å². The minimum absolute atomic E-state index is 0.0114. The maximum absolute atomic E-state index is 12.6. The molecular weight excluding hydrogens is 196 g/mol. The fourth-order valence-corrected chi connectivity index (χ4v) is 4.20. The van der Waals surface area contributed by atoms with Gasteiger partial charge in [0.25, 0.3) is 0 Å². The fraction of sp³-hybridized carbons (Fsp3) is 0.933. The van der Waals surface area contributed by atoms with Crippen LogP contribution in [0.1, 0.15) is 60.3 Å². The highest BCUT2D eigenvalue weighted by Gasteiger charge is 2.58. The van der Waals surface area contributed by atoms with Crippen LogP contribution in [-0.2, 0) is 4.79 Å². The zero-order valence-electron chi connectivity index (χ0n) is 11.5. The number of Topliss-reactive ketones (excluding diaryl/α,β-unsaturated/α-hetero) is 1. The van der Waals surface area contributed by atoms with E-state index in [2.05, 4.69) is 34.6 Å². The first kappa shape index (κ1) is 12.1. The Balaban J connectivity index is 2.27. The highest BCUT2D eigenvalue weighted by atomic mass is 16.1. The van der Waals surface area contributed by atoms with Crippen molar-refractivity contribution in [1.29, 1.82) is 0 Å². The lowest BCUT2D eigenvalue weighted by molar-refractivity contribution is -0.161. The van der Waals surface area contributed by atoms with Gasteiger partial charge in [-0.05, 0) is 43.4 Å². The molecule has 0 N–H and O–H groups in total. The summed E-state index contributed by atoms with van der Waals surface area (Å²) in [6.07, 6.45) is 4.92. The molecular formula is C15H26O. The van der Waals surface area contributed by atoms with Crippen molar-refractivity contribution in [2.45, 2.75) is 60.3 Å².